The third kappa shape index (κ3) is 6.99. The fourth-order valence-electron chi connectivity index (χ4n) is 1.78. The normalized spacial score (nSPS) is 12.0. The van der Waals surface area contributed by atoms with E-state index in [1.807, 2.05) is 21.0 Å². The third-order valence-corrected chi connectivity index (χ3v) is 4.35. The molecule has 1 aromatic rings. The number of hydrogen-bond acceptors (Lipinski definition) is 5. The van der Waals surface area contributed by atoms with E-state index in [1.165, 1.54) is 0 Å². The Morgan fingerprint density at radius 2 is 2.00 bits per heavy atom. The fourth-order valence-corrected chi connectivity index (χ4v) is 2.78. The van der Waals surface area contributed by atoms with Gasteiger partial charge >= 0.3 is 0 Å². The molecular weight excluding hydrogens is 288 g/mol. The van der Waals surface area contributed by atoms with Gasteiger partial charge in [-0.2, -0.15) is 0 Å². The van der Waals surface area contributed by atoms with E-state index in [1.54, 1.807) is 18.3 Å². The molecule has 1 heterocycles. The maximum atomic E-state index is 12.1. The summed E-state index contributed by atoms with van der Waals surface area (Å²) in [4.78, 5) is 6.11. The first-order valence-electron chi connectivity index (χ1n) is 7.25. The number of pyridine rings is 1. The number of rotatable bonds is 10. The molecule has 0 aliphatic rings. The van der Waals surface area contributed by atoms with E-state index in [9.17, 15) is 8.42 Å². The summed E-state index contributed by atoms with van der Waals surface area (Å²) in [6, 6.07) is 3.34. The molecule has 0 radical (unpaired) electrons. The van der Waals surface area contributed by atoms with Crippen LogP contribution >= 0.6 is 0 Å². The molecule has 7 heteroatoms. The van der Waals surface area contributed by atoms with Crippen molar-refractivity contribution in [3.8, 4) is 0 Å². The van der Waals surface area contributed by atoms with Gasteiger partial charge in [-0.15, -0.1) is 0 Å². The molecule has 1 aromatic heterocycles. The Morgan fingerprint density at radius 3 is 2.57 bits per heavy atom. The predicted octanol–water partition coefficient (Wildman–Crippen LogP) is 0.811. The molecule has 1 rings (SSSR count). The summed E-state index contributed by atoms with van der Waals surface area (Å²) < 4.78 is 26.7. The molecule has 120 valence electrons. The van der Waals surface area contributed by atoms with Crippen molar-refractivity contribution in [3.05, 3.63) is 23.9 Å². The molecule has 0 atom stereocenters. The molecule has 0 aliphatic carbocycles. The van der Waals surface area contributed by atoms with Gasteiger partial charge in [-0.05, 0) is 51.7 Å². The molecule has 0 bridgehead atoms. The molecule has 0 spiro atoms. The van der Waals surface area contributed by atoms with Crippen LogP contribution in [0.25, 0.3) is 0 Å². The topological polar surface area (TPSA) is 74.3 Å². The van der Waals surface area contributed by atoms with Gasteiger partial charge in [0.05, 0.1) is 0 Å². The highest BCUT2D eigenvalue weighted by molar-refractivity contribution is 7.89. The summed E-state index contributed by atoms with van der Waals surface area (Å²) in [5.74, 6) is 0. The maximum absolute atomic E-state index is 12.1. The van der Waals surface area contributed by atoms with Crippen LogP contribution in [0.3, 0.4) is 0 Å². The van der Waals surface area contributed by atoms with Gasteiger partial charge in [-0.1, -0.05) is 13.0 Å². The third-order valence-electron chi connectivity index (χ3n) is 2.98. The summed E-state index contributed by atoms with van der Waals surface area (Å²) in [6.07, 6.45) is 3.38. The highest BCUT2D eigenvalue weighted by Gasteiger charge is 2.14. The van der Waals surface area contributed by atoms with Crippen molar-refractivity contribution in [2.24, 2.45) is 0 Å². The highest BCUT2D eigenvalue weighted by atomic mass is 32.2. The van der Waals surface area contributed by atoms with Crippen LogP contribution in [-0.4, -0.2) is 52.0 Å². The maximum Gasteiger partial charge on any atom is 0.258 e. The van der Waals surface area contributed by atoms with Crippen LogP contribution in [0.4, 0.5) is 0 Å². The molecule has 0 aromatic carbocycles. The summed E-state index contributed by atoms with van der Waals surface area (Å²) >= 11 is 0. The smallest absolute Gasteiger partial charge is 0.258 e. The van der Waals surface area contributed by atoms with Crippen molar-refractivity contribution >= 4 is 10.0 Å². The zero-order chi connectivity index (χ0) is 15.7. The molecule has 0 unspecified atom stereocenters. The molecular formula is C14H26N4O2S. The highest BCUT2D eigenvalue weighted by Crippen LogP contribution is 2.06. The summed E-state index contributed by atoms with van der Waals surface area (Å²) in [5.41, 5.74) is 0.974. The summed E-state index contributed by atoms with van der Waals surface area (Å²) in [6.45, 7) is 4.99. The van der Waals surface area contributed by atoms with Gasteiger partial charge in [0.1, 0.15) is 0 Å². The molecule has 6 nitrogen and oxygen atoms in total. The van der Waals surface area contributed by atoms with Gasteiger partial charge in [0.25, 0.3) is 10.0 Å². The number of nitrogens with one attached hydrogen (secondary N) is 2. The van der Waals surface area contributed by atoms with Gasteiger partial charge in [-0.25, -0.2) is 18.1 Å². The average Bonchev–Trinajstić information content (AvgIpc) is 2.44. The summed E-state index contributed by atoms with van der Waals surface area (Å²) in [7, 11) is 0.513. The molecule has 0 saturated carbocycles. The Bertz CT molecular complexity index is 500. The molecule has 0 saturated heterocycles. The Labute approximate surface area is 128 Å². The van der Waals surface area contributed by atoms with Crippen LogP contribution in [0, 0.1) is 0 Å². The average molecular weight is 314 g/mol. The van der Waals surface area contributed by atoms with Crippen molar-refractivity contribution in [3.63, 3.8) is 0 Å². The monoisotopic (exact) mass is 314 g/mol. The zero-order valence-electron chi connectivity index (χ0n) is 13.1. The van der Waals surface area contributed by atoms with Gasteiger partial charge in [0.15, 0.2) is 5.03 Å². The minimum absolute atomic E-state index is 0.0790. The second-order valence-electron chi connectivity index (χ2n) is 5.19. The van der Waals surface area contributed by atoms with Crippen LogP contribution < -0.4 is 10.0 Å². The van der Waals surface area contributed by atoms with Crippen molar-refractivity contribution in [2.75, 3.05) is 33.7 Å². The van der Waals surface area contributed by atoms with Gasteiger partial charge in [-0.3, -0.25) is 0 Å². The second-order valence-corrected chi connectivity index (χ2v) is 6.91. The van der Waals surface area contributed by atoms with Crippen LogP contribution in [0.1, 0.15) is 25.3 Å². The quantitative estimate of drug-likeness (QED) is 0.625. The van der Waals surface area contributed by atoms with Crippen LogP contribution in [-0.2, 0) is 16.6 Å². The lowest BCUT2D eigenvalue weighted by Gasteiger charge is -2.10. The van der Waals surface area contributed by atoms with Gasteiger partial charge in [0, 0.05) is 19.3 Å². The van der Waals surface area contributed by atoms with E-state index in [2.05, 4.69) is 19.9 Å². The molecule has 0 fully saturated rings. The van der Waals surface area contributed by atoms with Crippen molar-refractivity contribution in [1.29, 1.82) is 0 Å². The van der Waals surface area contributed by atoms with E-state index in [4.69, 9.17) is 0 Å². The van der Waals surface area contributed by atoms with E-state index < -0.39 is 10.0 Å². The second kappa shape index (κ2) is 9.09. The zero-order valence-corrected chi connectivity index (χ0v) is 13.9. The number of hydrogen-bond donors (Lipinski definition) is 2. The molecule has 2 N–H and O–H groups in total. The number of sulfonamides is 1. The predicted molar refractivity (Wildman–Crippen MR) is 84.6 cm³/mol. The SMILES string of the molecule is CCNCc1ccc(S(=O)(=O)NCCCCN(C)C)nc1. The van der Waals surface area contributed by atoms with Gasteiger partial charge < -0.3 is 10.2 Å². The van der Waals surface area contributed by atoms with E-state index in [0.717, 1.165) is 31.5 Å². The molecule has 0 amide bonds. The standard InChI is InChI=1S/C14H26N4O2S/c1-4-15-11-13-7-8-14(16-12-13)21(19,20)17-9-5-6-10-18(2)3/h7-8,12,15,17H,4-6,9-11H2,1-3H3. The lowest BCUT2D eigenvalue weighted by molar-refractivity contribution is 0.394. The Balaban J connectivity index is 2.46. The van der Waals surface area contributed by atoms with E-state index >= 15 is 0 Å². The number of aromatic nitrogens is 1. The van der Waals surface area contributed by atoms with Crippen molar-refractivity contribution in [2.45, 2.75) is 31.3 Å². The molecule has 21 heavy (non-hydrogen) atoms. The first-order chi connectivity index (χ1) is 9.95. The lowest BCUT2D eigenvalue weighted by atomic mass is 10.3. The van der Waals surface area contributed by atoms with Crippen LogP contribution in [0.5, 0.6) is 0 Å². The van der Waals surface area contributed by atoms with Gasteiger partial charge in [0.2, 0.25) is 0 Å². The minimum atomic E-state index is -3.49. The Morgan fingerprint density at radius 1 is 1.24 bits per heavy atom. The largest absolute Gasteiger partial charge is 0.313 e. The van der Waals surface area contributed by atoms with Crippen molar-refractivity contribution < 1.29 is 8.42 Å². The first kappa shape index (κ1) is 18.0. The Kier molecular flexibility index (Phi) is 7.81. The minimum Gasteiger partial charge on any atom is -0.313 e. The summed E-state index contributed by atoms with van der Waals surface area (Å²) in [5, 5.41) is 3.25. The van der Waals surface area contributed by atoms with Crippen LogP contribution in [0.15, 0.2) is 23.4 Å². The first-order valence-corrected chi connectivity index (χ1v) is 8.74. The van der Waals surface area contributed by atoms with E-state index in [0.29, 0.717) is 13.1 Å². The molecule has 0 aliphatic heterocycles. The van der Waals surface area contributed by atoms with Crippen molar-refractivity contribution in [1.82, 2.24) is 19.9 Å². The van der Waals surface area contributed by atoms with Crippen LogP contribution in [0.2, 0.25) is 0 Å². The number of nitrogens with zero attached hydrogens (tertiary/aromatic N) is 2. The number of unbranched alkanes of at least 4 members (excludes halogenated alkanes) is 1. The fraction of sp³-hybridized carbons (Fsp3) is 0.643. The lowest BCUT2D eigenvalue weighted by Crippen LogP contribution is -2.26. The van der Waals surface area contributed by atoms with E-state index in [-0.39, 0.29) is 5.03 Å². The Hall–Kier alpha value is -1.02.